The molecule has 1 aromatic rings. The molecular formula is C11H13ClF2O2. The van der Waals surface area contributed by atoms with Gasteiger partial charge >= 0.3 is 6.61 Å². The van der Waals surface area contributed by atoms with Crippen molar-refractivity contribution >= 4 is 11.6 Å². The summed E-state index contributed by atoms with van der Waals surface area (Å²) in [6.45, 7) is -2.81. The van der Waals surface area contributed by atoms with Crippen LogP contribution in [0.5, 0.6) is 11.5 Å². The smallest absolute Gasteiger partial charge is 0.387 e. The fourth-order valence-electron chi connectivity index (χ4n) is 1.38. The largest absolute Gasteiger partial charge is 0.496 e. The predicted molar refractivity (Wildman–Crippen MR) is 58.7 cm³/mol. The van der Waals surface area contributed by atoms with Gasteiger partial charge in [0.1, 0.15) is 11.5 Å². The summed E-state index contributed by atoms with van der Waals surface area (Å²) >= 11 is 5.58. The fourth-order valence-corrected chi connectivity index (χ4v) is 1.52. The third-order valence-electron chi connectivity index (χ3n) is 2.06. The first-order valence-electron chi connectivity index (χ1n) is 4.85. The van der Waals surface area contributed by atoms with Gasteiger partial charge in [-0.1, -0.05) is 0 Å². The first-order valence-corrected chi connectivity index (χ1v) is 5.38. The molecule has 5 heteroatoms. The summed E-state index contributed by atoms with van der Waals surface area (Å²) in [5.74, 6) is 1.32. The van der Waals surface area contributed by atoms with Gasteiger partial charge in [-0.05, 0) is 36.6 Å². The van der Waals surface area contributed by atoms with E-state index in [0.29, 0.717) is 18.1 Å². The Morgan fingerprint density at radius 3 is 2.69 bits per heavy atom. The van der Waals surface area contributed by atoms with E-state index >= 15 is 0 Å². The third-order valence-corrected chi connectivity index (χ3v) is 2.32. The minimum absolute atomic E-state index is 0.139. The minimum atomic E-state index is -2.81. The average molecular weight is 251 g/mol. The number of aryl methyl sites for hydroxylation is 1. The topological polar surface area (TPSA) is 18.5 Å². The van der Waals surface area contributed by atoms with E-state index < -0.39 is 6.61 Å². The van der Waals surface area contributed by atoms with E-state index in [4.69, 9.17) is 16.3 Å². The number of rotatable bonds is 6. The molecule has 0 heterocycles. The highest BCUT2D eigenvalue weighted by atomic mass is 35.5. The van der Waals surface area contributed by atoms with Gasteiger partial charge in [-0.3, -0.25) is 0 Å². The molecule has 0 saturated heterocycles. The Morgan fingerprint density at radius 2 is 2.12 bits per heavy atom. The molecule has 0 N–H and O–H groups in total. The van der Waals surface area contributed by atoms with Crippen LogP contribution in [0.25, 0.3) is 0 Å². The second kappa shape index (κ2) is 6.53. The maximum Gasteiger partial charge on any atom is 0.387 e. The van der Waals surface area contributed by atoms with Gasteiger partial charge in [0, 0.05) is 5.88 Å². The van der Waals surface area contributed by atoms with Crippen molar-refractivity contribution in [1.29, 1.82) is 0 Å². The Labute approximate surface area is 98.1 Å². The molecule has 0 aromatic heterocycles. The van der Waals surface area contributed by atoms with Gasteiger partial charge < -0.3 is 9.47 Å². The van der Waals surface area contributed by atoms with E-state index in [1.54, 1.807) is 12.1 Å². The zero-order chi connectivity index (χ0) is 12.0. The van der Waals surface area contributed by atoms with Crippen LogP contribution in [0.2, 0.25) is 0 Å². The van der Waals surface area contributed by atoms with Crippen LogP contribution in [0.3, 0.4) is 0 Å². The molecule has 0 amide bonds. The van der Waals surface area contributed by atoms with E-state index in [-0.39, 0.29) is 5.75 Å². The lowest BCUT2D eigenvalue weighted by Gasteiger charge is -2.10. The minimum Gasteiger partial charge on any atom is -0.496 e. The Kier molecular flexibility index (Phi) is 5.32. The lowest BCUT2D eigenvalue weighted by molar-refractivity contribution is -0.0499. The number of alkyl halides is 3. The molecule has 0 aliphatic carbocycles. The van der Waals surface area contributed by atoms with Crippen LogP contribution in [0.4, 0.5) is 8.78 Å². The summed E-state index contributed by atoms with van der Waals surface area (Å²) in [4.78, 5) is 0. The number of benzene rings is 1. The van der Waals surface area contributed by atoms with Crippen LogP contribution in [0.15, 0.2) is 18.2 Å². The summed E-state index contributed by atoms with van der Waals surface area (Å²) in [7, 11) is 1.53. The number of hydrogen-bond donors (Lipinski definition) is 0. The number of ether oxygens (including phenoxy) is 2. The van der Waals surface area contributed by atoms with Crippen LogP contribution in [-0.4, -0.2) is 19.6 Å². The molecule has 0 spiro atoms. The number of hydrogen-bond acceptors (Lipinski definition) is 2. The van der Waals surface area contributed by atoms with Crippen molar-refractivity contribution in [3.05, 3.63) is 23.8 Å². The quantitative estimate of drug-likeness (QED) is 0.720. The van der Waals surface area contributed by atoms with Crippen molar-refractivity contribution in [2.24, 2.45) is 0 Å². The van der Waals surface area contributed by atoms with Gasteiger partial charge in [0.05, 0.1) is 7.11 Å². The second-order valence-corrected chi connectivity index (χ2v) is 3.52. The summed E-state index contributed by atoms with van der Waals surface area (Å²) < 4.78 is 33.5. The van der Waals surface area contributed by atoms with Gasteiger partial charge in [-0.15, -0.1) is 11.6 Å². The van der Waals surface area contributed by atoms with Crippen molar-refractivity contribution < 1.29 is 18.3 Å². The van der Waals surface area contributed by atoms with Crippen molar-refractivity contribution in [2.45, 2.75) is 19.5 Å². The maximum absolute atomic E-state index is 12.0. The molecule has 90 valence electrons. The molecule has 0 aliphatic rings. The predicted octanol–water partition coefficient (Wildman–Crippen LogP) is 3.47. The molecule has 1 aromatic carbocycles. The molecule has 0 saturated carbocycles. The standard InChI is InChI=1S/C11H13ClF2O2/c1-15-10-5-4-9(16-11(13)14)7-8(10)3-2-6-12/h4-5,7,11H,2-3,6H2,1H3. The molecule has 0 radical (unpaired) electrons. The number of methoxy groups -OCH3 is 1. The van der Waals surface area contributed by atoms with Crippen LogP contribution < -0.4 is 9.47 Å². The van der Waals surface area contributed by atoms with Crippen molar-refractivity contribution in [3.8, 4) is 11.5 Å². The fraction of sp³-hybridized carbons (Fsp3) is 0.455. The molecule has 0 atom stereocenters. The molecule has 2 nitrogen and oxygen atoms in total. The van der Waals surface area contributed by atoms with Gasteiger partial charge in [-0.2, -0.15) is 8.78 Å². The first kappa shape index (κ1) is 13.0. The Morgan fingerprint density at radius 1 is 1.38 bits per heavy atom. The Hall–Kier alpha value is -1.03. The summed E-state index contributed by atoms with van der Waals surface area (Å²) in [6.07, 6.45) is 1.43. The SMILES string of the molecule is COc1ccc(OC(F)F)cc1CCCCl. The van der Waals surface area contributed by atoms with Crippen molar-refractivity contribution in [3.63, 3.8) is 0 Å². The molecule has 0 bridgehead atoms. The van der Waals surface area contributed by atoms with Crippen LogP contribution in [0.1, 0.15) is 12.0 Å². The summed E-state index contributed by atoms with van der Waals surface area (Å²) in [5, 5.41) is 0. The molecule has 16 heavy (non-hydrogen) atoms. The average Bonchev–Trinajstić information content (AvgIpc) is 2.25. The van der Waals surface area contributed by atoms with E-state index in [9.17, 15) is 8.78 Å². The highest BCUT2D eigenvalue weighted by Crippen LogP contribution is 2.26. The highest BCUT2D eigenvalue weighted by Gasteiger charge is 2.08. The Bertz CT molecular complexity index is 332. The van der Waals surface area contributed by atoms with Gasteiger partial charge in [-0.25, -0.2) is 0 Å². The molecule has 0 aliphatic heterocycles. The van der Waals surface area contributed by atoms with Crippen LogP contribution in [0, 0.1) is 0 Å². The Balaban J connectivity index is 2.83. The second-order valence-electron chi connectivity index (χ2n) is 3.14. The van der Waals surface area contributed by atoms with Crippen molar-refractivity contribution in [1.82, 2.24) is 0 Å². The van der Waals surface area contributed by atoms with Gasteiger partial charge in [0.15, 0.2) is 0 Å². The molecule has 0 fully saturated rings. The van der Waals surface area contributed by atoms with Crippen LogP contribution in [-0.2, 0) is 6.42 Å². The van der Waals surface area contributed by atoms with Gasteiger partial charge in [0.25, 0.3) is 0 Å². The highest BCUT2D eigenvalue weighted by molar-refractivity contribution is 6.17. The zero-order valence-electron chi connectivity index (χ0n) is 8.88. The van der Waals surface area contributed by atoms with E-state index in [1.165, 1.54) is 13.2 Å². The maximum atomic E-state index is 12.0. The summed E-state index contributed by atoms with van der Waals surface area (Å²) in [5.41, 5.74) is 0.821. The first-order chi connectivity index (χ1) is 7.67. The van der Waals surface area contributed by atoms with E-state index in [2.05, 4.69) is 4.74 Å². The monoisotopic (exact) mass is 250 g/mol. The molecular weight excluding hydrogens is 238 g/mol. The summed E-state index contributed by atoms with van der Waals surface area (Å²) in [6, 6.07) is 4.62. The third kappa shape index (κ3) is 3.85. The zero-order valence-corrected chi connectivity index (χ0v) is 9.64. The van der Waals surface area contributed by atoms with Crippen LogP contribution >= 0.6 is 11.6 Å². The molecule has 0 unspecified atom stereocenters. The lowest BCUT2D eigenvalue weighted by atomic mass is 10.1. The van der Waals surface area contributed by atoms with E-state index in [1.807, 2.05) is 0 Å². The normalized spacial score (nSPS) is 10.6. The van der Waals surface area contributed by atoms with Gasteiger partial charge in [0.2, 0.25) is 0 Å². The number of halogens is 3. The molecule has 1 rings (SSSR count). The van der Waals surface area contributed by atoms with E-state index in [0.717, 1.165) is 12.0 Å². The van der Waals surface area contributed by atoms with Crippen molar-refractivity contribution in [2.75, 3.05) is 13.0 Å². The lowest BCUT2D eigenvalue weighted by Crippen LogP contribution is -2.03.